The van der Waals surface area contributed by atoms with Gasteiger partial charge >= 0.3 is 6.18 Å². The fourth-order valence-corrected chi connectivity index (χ4v) is 4.04. The van der Waals surface area contributed by atoms with Crippen LogP contribution in [0.1, 0.15) is 49.7 Å². The Hall–Kier alpha value is -2.23. The molecule has 1 saturated heterocycles. The minimum absolute atomic E-state index is 0.164. The predicted molar refractivity (Wildman–Crippen MR) is 96.1 cm³/mol. The Labute approximate surface area is 157 Å². The lowest BCUT2D eigenvalue weighted by molar-refractivity contribution is -0.137. The number of nitrogens with zero attached hydrogens (tertiary/aromatic N) is 3. The average Bonchev–Trinajstić information content (AvgIpc) is 2.67. The molecule has 7 heteroatoms. The average molecular weight is 379 g/mol. The van der Waals surface area contributed by atoms with Crippen molar-refractivity contribution in [3.8, 4) is 6.07 Å². The van der Waals surface area contributed by atoms with E-state index in [1.807, 2.05) is 9.80 Å². The highest BCUT2D eigenvalue weighted by atomic mass is 19.4. The van der Waals surface area contributed by atoms with Gasteiger partial charge in [0.1, 0.15) is 0 Å². The zero-order valence-electron chi connectivity index (χ0n) is 15.3. The zero-order chi connectivity index (χ0) is 19.4. The van der Waals surface area contributed by atoms with Gasteiger partial charge in [0.05, 0.1) is 17.2 Å². The van der Waals surface area contributed by atoms with Crippen LogP contribution >= 0.6 is 0 Å². The van der Waals surface area contributed by atoms with Gasteiger partial charge in [-0.15, -0.1) is 0 Å². The van der Waals surface area contributed by atoms with E-state index in [1.54, 1.807) is 12.1 Å². The highest BCUT2D eigenvalue weighted by molar-refractivity contribution is 5.76. The van der Waals surface area contributed by atoms with Gasteiger partial charge in [-0.2, -0.15) is 18.4 Å². The lowest BCUT2D eigenvalue weighted by atomic mass is 9.86. The SMILES string of the molecule is N#Cc1ccc(N2CCN(C(=O)CC3CCCCC3)CC2)cc1C(F)(F)F. The predicted octanol–water partition coefficient (Wildman–Crippen LogP) is 4.20. The molecular formula is C20H24F3N3O. The summed E-state index contributed by atoms with van der Waals surface area (Å²) in [6.07, 6.45) is 1.94. The topological polar surface area (TPSA) is 47.3 Å². The number of hydrogen-bond donors (Lipinski definition) is 0. The van der Waals surface area contributed by atoms with Gasteiger partial charge < -0.3 is 9.80 Å². The van der Waals surface area contributed by atoms with Crippen LogP contribution in [0.5, 0.6) is 0 Å². The molecule has 1 aliphatic heterocycles. The number of alkyl halides is 3. The molecule has 0 unspecified atom stereocenters. The summed E-state index contributed by atoms with van der Waals surface area (Å²) < 4.78 is 39.5. The summed E-state index contributed by atoms with van der Waals surface area (Å²) in [5, 5.41) is 8.91. The van der Waals surface area contributed by atoms with E-state index in [-0.39, 0.29) is 11.5 Å². The third kappa shape index (κ3) is 4.74. The first-order valence-corrected chi connectivity index (χ1v) is 9.52. The summed E-state index contributed by atoms with van der Waals surface area (Å²) in [6.45, 7) is 2.04. The standard InChI is InChI=1S/C20H24F3N3O/c21-20(22,23)18-13-17(7-6-16(18)14-24)25-8-10-26(11-9-25)19(27)12-15-4-2-1-3-5-15/h6-7,13,15H,1-5,8-12H2. The van der Waals surface area contributed by atoms with Gasteiger partial charge in [-0.1, -0.05) is 19.3 Å². The van der Waals surface area contributed by atoms with Crippen molar-refractivity contribution in [2.75, 3.05) is 31.1 Å². The molecule has 1 aromatic rings. The number of anilines is 1. The fraction of sp³-hybridized carbons (Fsp3) is 0.600. The second-order valence-electron chi connectivity index (χ2n) is 7.42. The molecule has 27 heavy (non-hydrogen) atoms. The number of rotatable bonds is 3. The molecular weight excluding hydrogens is 355 g/mol. The van der Waals surface area contributed by atoms with Crippen LogP contribution in [-0.4, -0.2) is 37.0 Å². The van der Waals surface area contributed by atoms with Crippen molar-refractivity contribution < 1.29 is 18.0 Å². The molecule has 2 aliphatic rings. The van der Waals surface area contributed by atoms with Gasteiger partial charge in [0.2, 0.25) is 5.91 Å². The van der Waals surface area contributed by atoms with E-state index in [9.17, 15) is 18.0 Å². The summed E-state index contributed by atoms with van der Waals surface area (Å²) in [7, 11) is 0. The number of nitriles is 1. The van der Waals surface area contributed by atoms with Crippen LogP contribution in [0, 0.1) is 17.2 Å². The van der Waals surface area contributed by atoms with Crippen LogP contribution in [0.4, 0.5) is 18.9 Å². The molecule has 4 nitrogen and oxygen atoms in total. The van der Waals surface area contributed by atoms with Crippen LogP contribution in [0.15, 0.2) is 18.2 Å². The first-order chi connectivity index (χ1) is 12.9. The number of amides is 1. The molecule has 1 aliphatic carbocycles. The third-order valence-corrected chi connectivity index (χ3v) is 5.61. The van der Waals surface area contributed by atoms with Gasteiger partial charge in [-0.05, 0) is 37.0 Å². The lowest BCUT2D eigenvalue weighted by Gasteiger charge is -2.37. The smallest absolute Gasteiger partial charge is 0.368 e. The highest BCUT2D eigenvalue weighted by Crippen LogP contribution is 2.34. The number of halogens is 3. The molecule has 0 radical (unpaired) electrons. The van der Waals surface area contributed by atoms with E-state index < -0.39 is 11.7 Å². The normalized spacial score (nSPS) is 19.0. The van der Waals surface area contributed by atoms with E-state index in [0.29, 0.717) is 44.2 Å². The van der Waals surface area contributed by atoms with Crippen molar-refractivity contribution in [1.29, 1.82) is 5.26 Å². The first kappa shape index (κ1) is 19.5. The number of carbonyl (C=O) groups is 1. The number of carbonyl (C=O) groups excluding carboxylic acids is 1. The van der Waals surface area contributed by atoms with Gasteiger partial charge in [-0.3, -0.25) is 4.79 Å². The maximum Gasteiger partial charge on any atom is 0.417 e. The van der Waals surface area contributed by atoms with Crippen molar-refractivity contribution in [1.82, 2.24) is 4.90 Å². The molecule has 3 rings (SSSR count). The Morgan fingerprint density at radius 1 is 1.11 bits per heavy atom. The van der Waals surface area contributed by atoms with Gasteiger partial charge in [0, 0.05) is 38.3 Å². The van der Waals surface area contributed by atoms with Crippen molar-refractivity contribution >= 4 is 11.6 Å². The van der Waals surface area contributed by atoms with Crippen molar-refractivity contribution in [2.45, 2.75) is 44.7 Å². The molecule has 0 N–H and O–H groups in total. The van der Waals surface area contributed by atoms with E-state index in [4.69, 9.17) is 5.26 Å². The molecule has 1 aromatic carbocycles. The van der Waals surface area contributed by atoms with Crippen molar-refractivity contribution in [3.63, 3.8) is 0 Å². The second kappa shape index (κ2) is 8.20. The second-order valence-corrected chi connectivity index (χ2v) is 7.42. The minimum Gasteiger partial charge on any atom is -0.368 e. The van der Waals surface area contributed by atoms with E-state index in [2.05, 4.69) is 0 Å². The van der Waals surface area contributed by atoms with Crippen LogP contribution in [-0.2, 0) is 11.0 Å². The van der Waals surface area contributed by atoms with E-state index in [1.165, 1.54) is 25.3 Å². The molecule has 0 spiro atoms. The summed E-state index contributed by atoms with van der Waals surface area (Å²) in [6, 6.07) is 5.41. The molecule has 1 saturated carbocycles. The maximum absolute atomic E-state index is 13.2. The Bertz CT molecular complexity index is 712. The molecule has 146 valence electrons. The van der Waals surface area contributed by atoms with Crippen LogP contribution in [0.3, 0.4) is 0 Å². The Morgan fingerprint density at radius 2 is 1.78 bits per heavy atom. The Morgan fingerprint density at radius 3 is 2.37 bits per heavy atom. The van der Waals surface area contributed by atoms with E-state index in [0.717, 1.165) is 18.9 Å². The van der Waals surface area contributed by atoms with Gasteiger partial charge in [-0.25, -0.2) is 0 Å². The third-order valence-electron chi connectivity index (χ3n) is 5.61. The fourth-order valence-electron chi connectivity index (χ4n) is 4.04. The number of hydrogen-bond acceptors (Lipinski definition) is 3. The van der Waals surface area contributed by atoms with Crippen LogP contribution < -0.4 is 4.90 Å². The van der Waals surface area contributed by atoms with Gasteiger partial charge in [0.15, 0.2) is 0 Å². The molecule has 0 bridgehead atoms. The highest BCUT2D eigenvalue weighted by Gasteiger charge is 2.34. The van der Waals surface area contributed by atoms with E-state index >= 15 is 0 Å². The van der Waals surface area contributed by atoms with Crippen molar-refractivity contribution in [2.24, 2.45) is 5.92 Å². The largest absolute Gasteiger partial charge is 0.417 e. The van der Waals surface area contributed by atoms with Crippen LogP contribution in [0.2, 0.25) is 0 Å². The summed E-state index contributed by atoms with van der Waals surface area (Å²) in [4.78, 5) is 16.2. The lowest BCUT2D eigenvalue weighted by Crippen LogP contribution is -2.49. The zero-order valence-corrected chi connectivity index (χ0v) is 15.3. The summed E-state index contributed by atoms with van der Waals surface area (Å²) >= 11 is 0. The first-order valence-electron chi connectivity index (χ1n) is 9.52. The summed E-state index contributed by atoms with van der Waals surface area (Å²) in [5.41, 5.74) is -0.827. The molecule has 1 heterocycles. The number of piperazine rings is 1. The molecule has 2 fully saturated rings. The molecule has 0 atom stereocenters. The Balaban J connectivity index is 1.60. The summed E-state index contributed by atoms with van der Waals surface area (Å²) in [5.74, 6) is 0.648. The quantitative estimate of drug-likeness (QED) is 0.791. The van der Waals surface area contributed by atoms with Gasteiger partial charge in [0.25, 0.3) is 0 Å². The number of benzene rings is 1. The maximum atomic E-state index is 13.2. The van der Waals surface area contributed by atoms with Crippen molar-refractivity contribution in [3.05, 3.63) is 29.3 Å². The molecule has 0 aromatic heterocycles. The van der Waals surface area contributed by atoms with Crippen LogP contribution in [0.25, 0.3) is 0 Å². The minimum atomic E-state index is -4.56. The molecule has 1 amide bonds. The Kier molecular flexibility index (Phi) is 5.93. The monoisotopic (exact) mass is 379 g/mol.